The average molecular weight is 232 g/mol. The first kappa shape index (κ1) is 12.6. The molecule has 1 saturated heterocycles. The number of likely N-dealkylation sites (tertiary alicyclic amines) is 1. The molecule has 2 heteroatoms. The highest BCUT2D eigenvalue weighted by molar-refractivity contribution is 5.25. The highest BCUT2D eigenvalue weighted by atomic mass is 15.2. The minimum absolute atomic E-state index is 0.577. The summed E-state index contributed by atoms with van der Waals surface area (Å²) in [5.41, 5.74) is 2.80. The molecule has 2 rings (SSSR count). The first-order valence-corrected chi connectivity index (χ1v) is 6.76. The molecule has 1 aliphatic heterocycles. The summed E-state index contributed by atoms with van der Waals surface area (Å²) in [5.74, 6) is 0. The molecule has 1 unspecified atom stereocenters. The van der Waals surface area contributed by atoms with E-state index in [9.17, 15) is 0 Å². The lowest BCUT2D eigenvalue weighted by atomic mass is 10.1. The van der Waals surface area contributed by atoms with Gasteiger partial charge in [0.15, 0.2) is 0 Å². The second kappa shape index (κ2) is 6.18. The molecule has 1 aromatic rings. The smallest absolute Gasteiger partial charge is 0.0211 e. The maximum atomic E-state index is 3.62. The Hall–Kier alpha value is -0.860. The van der Waals surface area contributed by atoms with E-state index in [1.807, 2.05) is 0 Å². The predicted octanol–water partition coefficient (Wildman–Crippen LogP) is 2.57. The van der Waals surface area contributed by atoms with Crippen LogP contribution in [0, 0.1) is 6.92 Å². The maximum Gasteiger partial charge on any atom is 0.0211 e. The van der Waals surface area contributed by atoms with Crippen molar-refractivity contribution < 1.29 is 0 Å². The third-order valence-electron chi connectivity index (χ3n) is 3.63. The lowest BCUT2D eigenvalue weighted by Crippen LogP contribution is -2.37. The number of nitrogens with zero attached hydrogens (tertiary/aromatic N) is 1. The lowest BCUT2D eigenvalue weighted by Gasteiger charge is -2.21. The molecule has 1 aromatic carbocycles. The van der Waals surface area contributed by atoms with Gasteiger partial charge in [0.2, 0.25) is 0 Å². The van der Waals surface area contributed by atoms with E-state index in [1.165, 1.54) is 43.6 Å². The molecule has 1 heterocycles. The van der Waals surface area contributed by atoms with Crippen molar-refractivity contribution in [1.82, 2.24) is 10.2 Å². The van der Waals surface area contributed by atoms with Crippen LogP contribution >= 0.6 is 0 Å². The average Bonchev–Trinajstić information content (AvgIpc) is 2.81. The molecular weight excluding hydrogens is 208 g/mol. The van der Waals surface area contributed by atoms with Crippen LogP contribution < -0.4 is 5.32 Å². The van der Waals surface area contributed by atoms with E-state index in [1.54, 1.807) is 0 Å². The fourth-order valence-electron chi connectivity index (χ4n) is 2.51. The Labute approximate surface area is 105 Å². The zero-order chi connectivity index (χ0) is 12.1. The van der Waals surface area contributed by atoms with E-state index >= 15 is 0 Å². The Morgan fingerprint density at radius 3 is 2.65 bits per heavy atom. The number of aryl methyl sites for hydroxylation is 1. The Kier molecular flexibility index (Phi) is 4.57. The van der Waals surface area contributed by atoms with E-state index in [0.717, 1.165) is 6.54 Å². The third-order valence-corrected chi connectivity index (χ3v) is 3.63. The van der Waals surface area contributed by atoms with Gasteiger partial charge in [-0.05, 0) is 50.9 Å². The van der Waals surface area contributed by atoms with Gasteiger partial charge in [0.25, 0.3) is 0 Å². The second-order valence-corrected chi connectivity index (χ2v) is 5.22. The van der Waals surface area contributed by atoms with Crippen LogP contribution in [0.2, 0.25) is 0 Å². The van der Waals surface area contributed by atoms with Crippen LogP contribution in [0.1, 0.15) is 30.9 Å². The topological polar surface area (TPSA) is 15.3 Å². The quantitative estimate of drug-likeness (QED) is 0.839. The summed E-state index contributed by atoms with van der Waals surface area (Å²) in [6, 6.07) is 9.20. The Bertz CT molecular complexity index is 343. The van der Waals surface area contributed by atoms with Crippen LogP contribution in [0.3, 0.4) is 0 Å². The molecule has 1 atom stereocenters. The number of benzene rings is 1. The monoisotopic (exact) mass is 232 g/mol. The van der Waals surface area contributed by atoms with Gasteiger partial charge in [-0.3, -0.25) is 0 Å². The van der Waals surface area contributed by atoms with Crippen LogP contribution in [0.25, 0.3) is 0 Å². The van der Waals surface area contributed by atoms with Gasteiger partial charge < -0.3 is 10.2 Å². The van der Waals surface area contributed by atoms with Gasteiger partial charge in [-0.2, -0.15) is 0 Å². The number of hydrogen-bond acceptors (Lipinski definition) is 2. The molecule has 1 N–H and O–H groups in total. The van der Waals surface area contributed by atoms with Crippen molar-refractivity contribution in [2.75, 3.05) is 19.6 Å². The van der Waals surface area contributed by atoms with Gasteiger partial charge in [0, 0.05) is 19.1 Å². The lowest BCUT2D eigenvalue weighted by molar-refractivity contribution is 0.298. The minimum atomic E-state index is 0.577. The van der Waals surface area contributed by atoms with Crippen molar-refractivity contribution in [1.29, 1.82) is 0 Å². The number of hydrogen-bond donors (Lipinski definition) is 1. The van der Waals surface area contributed by atoms with Crippen molar-refractivity contribution in [3.63, 3.8) is 0 Å². The Balaban J connectivity index is 1.75. The summed E-state index contributed by atoms with van der Waals surface area (Å²) in [5, 5.41) is 3.62. The fraction of sp³-hybridized carbons (Fsp3) is 0.600. The molecule has 0 aliphatic carbocycles. The summed E-state index contributed by atoms with van der Waals surface area (Å²) in [7, 11) is 0. The second-order valence-electron chi connectivity index (χ2n) is 5.22. The summed E-state index contributed by atoms with van der Waals surface area (Å²) < 4.78 is 0. The first-order valence-electron chi connectivity index (χ1n) is 6.76. The molecule has 17 heavy (non-hydrogen) atoms. The zero-order valence-corrected chi connectivity index (χ0v) is 11.1. The summed E-state index contributed by atoms with van der Waals surface area (Å²) in [6.45, 7) is 9.22. The van der Waals surface area contributed by atoms with Crippen molar-refractivity contribution in [3.05, 3.63) is 35.4 Å². The molecule has 0 spiro atoms. The highest BCUT2D eigenvalue weighted by Gasteiger charge is 2.14. The molecule has 0 amide bonds. The molecule has 2 nitrogen and oxygen atoms in total. The van der Waals surface area contributed by atoms with Gasteiger partial charge in [-0.15, -0.1) is 0 Å². The molecule has 0 aromatic heterocycles. The molecule has 1 aliphatic rings. The van der Waals surface area contributed by atoms with Gasteiger partial charge >= 0.3 is 0 Å². The molecule has 94 valence electrons. The van der Waals surface area contributed by atoms with Gasteiger partial charge in [-0.25, -0.2) is 0 Å². The zero-order valence-electron chi connectivity index (χ0n) is 11.1. The van der Waals surface area contributed by atoms with E-state index in [0.29, 0.717) is 6.04 Å². The van der Waals surface area contributed by atoms with Crippen LogP contribution in [-0.4, -0.2) is 30.6 Å². The Morgan fingerprint density at radius 2 is 1.94 bits per heavy atom. The normalized spacial score (nSPS) is 18.5. The number of nitrogens with one attached hydrogen (secondary N) is 1. The van der Waals surface area contributed by atoms with E-state index in [-0.39, 0.29) is 0 Å². The van der Waals surface area contributed by atoms with Crippen molar-refractivity contribution in [2.45, 2.75) is 39.3 Å². The molecule has 0 radical (unpaired) electrons. The van der Waals surface area contributed by atoms with E-state index in [2.05, 4.69) is 48.3 Å². The summed E-state index contributed by atoms with van der Waals surface area (Å²) >= 11 is 0. The Morgan fingerprint density at radius 1 is 1.24 bits per heavy atom. The van der Waals surface area contributed by atoms with Gasteiger partial charge in [-0.1, -0.05) is 24.3 Å². The van der Waals surface area contributed by atoms with Crippen LogP contribution in [0.15, 0.2) is 24.3 Å². The van der Waals surface area contributed by atoms with E-state index in [4.69, 9.17) is 0 Å². The largest absolute Gasteiger partial charge is 0.309 e. The van der Waals surface area contributed by atoms with E-state index < -0.39 is 0 Å². The molecule has 0 bridgehead atoms. The molecular formula is C15H24N2. The summed E-state index contributed by atoms with van der Waals surface area (Å²) in [4.78, 5) is 2.56. The molecule has 0 saturated carbocycles. The summed E-state index contributed by atoms with van der Waals surface area (Å²) in [6.07, 6.45) is 2.76. The third kappa shape index (κ3) is 3.83. The van der Waals surface area contributed by atoms with Crippen molar-refractivity contribution in [3.8, 4) is 0 Å². The predicted molar refractivity (Wildman–Crippen MR) is 73.2 cm³/mol. The molecule has 1 fully saturated rings. The van der Waals surface area contributed by atoms with Crippen LogP contribution in [0.4, 0.5) is 0 Å². The van der Waals surface area contributed by atoms with Gasteiger partial charge in [0.1, 0.15) is 0 Å². The van der Waals surface area contributed by atoms with Crippen molar-refractivity contribution in [2.24, 2.45) is 0 Å². The van der Waals surface area contributed by atoms with Gasteiger partial charge in [0.05, 0.1) is 0 Å². The van der Waals surface area contributed by atoms with Crippen molar-refractivity contribution >= 4 is 0 Å². The highest BCUT2D eigenvalue weighted by Crippen LogP contribution is 2.09. The first-order chi connectivity index (χ1) is 8.25. The minimum Gasteiger partial charge on any atom is -0.309 e. The van der Waals surface area contributed by atoms with Crippen LogP contribution in [0.5, 0.6) is 0 Å². The SMILES string of the molecule is Cc1ccccc1CNC(C)CN1CCCC1. The number of rotatable bonds is 5. The fourth-order valence-corrected chi connectivity index (χ4v) is 2.51. The van der Waals surface area contributed by atoms with Crippen LogP contribution in [-0.2, 0) is 6.54 Å². The maximum absolute atomic E-state index is 3.62. The standard InChI is InChI=1S/C15H24N2/c1-13-7-3-4-8-15(13)11-16-14(2)12-17-9-5-6-10-17/h3-4,7-8,14,16H,5-6,9-12H2,1-2H3.